The summed E-state index contributed by atoms with van der Waals surface area (Å²) >= 11 is 0. The van der Waals surface area contributed by atoms with E-state index in [0.717, 1.165) is 11.6 Å². The highest BCUT2D eigenvalue weighted by molar-refractivity contribution is 5.73. The van der Waals surface area contributed by atoms with Crippen LogP contribution in [0.4, 0.5) is 0 Å². The number of benzene rings is 1. The predicted molar refractivity (Wildman–Crippen MR) is 86.5 cm³/mol. The Hall–Kier alpha value is -2.17. The van der Waals surface area contributed by atoms with Crippen molar-refractivity contribution in [2.75, 3.05) is 0 Å². The first-order chi connectivity index (χ1) is 10.5. The third-order valence-corrected chi connectivity index (χ3v) is 3.69. The first kappa shape index (κ1) is 16.2. The molecule has 0 atom stereocenters. The Morgan fingerprint density at radius 3 is 2.68 bits per heavy atom. The standard InChI is InChI=1S/C17H24N4O/c1-12(2)17-19-16(10-6-9-15(18)22)21(20-17)11-14-8-5-4-7-13(14)3/h4-5,7-8,12H,6,9-11H2,1-3H3,(H2,18,22). The third-order valence-electron chi connectivity index (χ3n) is 3.69. The fraction of sp³-hybridized carbons (Fsp3) is 0.471. The maximum Gasteiger partial charge on any atom is 0.217 e. The van der Waals surface area contributed by atoms with Gasteiger partial charge in [0, 0.05) is 18.8 Å². The van der Waals surface area contributed by atoms with E-state index in [1.807, 2.05) is 16.8 Å². The third kappa shape index (κ3) is 4.16. The Kier molecular flexibility index (Phi) is 5.31. The average molecular weight is 300 g/mol. The number of nitrogens with two attached hydrogens (primary N) is 1. The molecule has 0 spiro atoms. The molecule has 0 radical (unpaired) electrons. The van der Waals surface area contributed by atoms with Crippen LogP contribution in [0.25, 0.3) is 0 Å². The molecule has 0 aliphatic rings. The highest BCUT2D eigenvalue weighted by Crippen LogP contribution is 2.15. The molecule has 2 N–H and O–H groups in total. The van der Waals surface area contributed by atoms with Crippen LogP contribution in [0.3, 0.4) is 0 Å². The van der Waals surface area contributed by atoms with Gasteiger partial charge in [0.25, 0.3) is 0 Å². The van der Waals surface area contributed by atoms with Crippen molar-refractivity contribution < 1.29 is 4.79 Å². The normalized spacial score (nSPS) is 11.1. The first-order valence-corrected chi connectivity index (χ1v) is 7.73. The van der Waals surface area contributed by atoms with Crippen LogP contribution in [-0.4, -0.2) is 20.7 Å². The maximum absolute atomic E-state index is 10.9. The van der Waals surface area contributed by atoms with Crippen LogP contribution in [0, 0.1) is 6.92 Å². The summed E-state index contributed by atoms with van der Waals surface area (Å²) in [5.74, 6) is 1.79. The van der Waals surface area contributed by atoms with E-state index in [-0.39, 0.29) is 11.8 Å². The molecule has 0 saturated carbocycles. The van der Waals surface area contributed by atoms with Crippen molar-refractivity contribution in [3.63, 3.8) is 0 Å². The summed E-state index contributed by atoms with van der Waals surface area (Å²) in [6.45, 7) is 6.97. The van der Waals surface area contributed by atoms with Crippen molar-refractivity contribution in [1.29, 1.82) is 0 Å². The van der Waals surface area contributed by atoms with Crippen molar-refractivity contribution in [2.24, 2.45) is 5.73 Å². The molecule has 1 heterocycles. The second-order valence-corrected chi connectivity index (χ2v) is 5.94. The van der Waals surface area contributed by atoms with Crippen LogP contribution in [-0.2, 0) is 17.8 Å². The number of amides is 1. The van der Waals surface area contributed by atoms with Gasteiger partial charge in [-0.05, 0) is 24.5 Å². The molecule has 0 unspecified atom stereocenters. The van der Waals surface area contributed by atoms with E-state index in [0.29, 0.717) is 25.8 Å². The second kappa shape index (κ2) is 7.20. The molecule has 0 bridgehead atoms. The maximum atomic E-state index is 10.9. The Bertz CT molecular complexity index is 646. The number of hydrogen-bond acceptors (Lipinski definition) is 3. The van der Waals surface area contributed by atoms with Gasteiger partial charge in [-0.15, -0.1) is 0 Å². The van der Waals surface area contributed by atoms with Crippen molar-refractivity contribution in [1.82, 2.24) is 14.8 Å². The molecule has 5 heteroatoms. The summed E-state index contributed by atoms with van der Waals surface area (Å²) in [6.07, 6.45) is 1.81. The Labute approximate surface area is 131 Å². The zero-order valence-corrected chi connectivity index (χ0v) is 13.5. The fourth-order valence-corrected chi connectivity index (χ4v) is 2.32. The molecule has 0 fully saturated rings. The number of rotatable bonds is 7. The predicted octanol–water partition coefficient (Wildman–Crippen LogP) is 2.57. The molecule has 1 amide bonds. The molecule has 2 rings (SSSR count). The van der Waals surface area contributed by atoms with Gasteiger partial charge in [0.15, 0.2) is 5.82 Å². The van der Waals surface area contributed by atoms with Crippen LogP contribution in [0.5, 0.6) is 0 Å². The Balaban J connectivity index is 2.20. The Morgan fingerprint density at radius 2 is 2.05 bits per heavy atom. The number of nitrogens with zero attached hydrogens (tertiary/aromatic N) is 3. The minimum atomic E-state index is -0.269. The number of primary amides is 1. The molecule has 118 valence electrons. The molecule has 2 aromatic rings. The van der Waals surface area contributed by atoms with Crippen LogP contribution in [0.1, 0.15) is 55.4 Å². The highest BCUT2D eigenvalue weighted by atomic mass is 16.1. The van der Waals surface area contributed by atoms with E-state index >= 15 is 0 Å². The zero-order valence-electron chi connectivity index (χ0n) is 13.5. The minimum absolute atomic E-state index is 0.269. The van der Waals surface area contributed by atoms with Gasteiger partial charge < -0.3 is 5.73 Å². The SMILES string of the molecule is Cc1ccccc1Cn1nc(C(C)C)nc1CCCC(N)=O. The van der Waals surface area contributed by atoms with E-state index in [1.165, 1.54) is 11.1 Å². The summed E-state index contributed by atoms with van der Waals surface area (Å²) in [6, 6.07) is 8.28. The lowest BCUT2D eigenvalue weighted by Crippen LogP contribution is -2.12. The van der Waals surface area contributed by atoms with Gasteiger partial charge in [0.05, 0.1) is 6.54 Å². The largest absolute Gasteiger partial charge is 0.370 e. The molecule has 1 aromatic carbocycles. The molecule has 0 saturated heterocycles. The van der Waals surface area contributed by atoms with Gasteiger partial charge in [-0.2, -0.15) is 5.10 Å². The summed E-state index contributed by atoms with van der Waals surface area (Å²) in [5.41, 5.74) is 7.69. The quantitative estimate of drug-likeness (QED) is 0.854. The van der Waals surface area contributed by atoms with E-state index in [4.69, 9.17) is 5.73 Å². The monoisotopic (exact) mass is 300 g/mol. The number of aryl methyl sites for hydroxylation is 2. The van der Waals surface area contributed by atoms with E-state index in [2.05, 4.69) is 43.0 Å². The minimum Gasteiger partial charge on any atom is -0.370 e. The Morgan fingerprint density at radius 1 is 1.32 bits per heavy atom. The van der Waals surface area contributed by atoms with Crippen molar-refractivity contribution in [3.8, 4) is 0 Å². The van der Waals surface area contributed by atoms with Crippen LogP contribution in [0.15, 0.2) is 24.3 Å². The van der Waals surface area contributed by atoms with Gasteiger partial charge in [0.2, 0.25) is 5.91 Å². The number of carbonyl (C=O) groups is 1. The molecule has 22 heavy (non-hydrogen) atoms. The topological polar surface area (TPSA) is 73.8 Å². The molecule has 5 nitrogen and oxygen atoms in total. The summed E-state index contributed by atoms with van der Waals surface area (Å²) in [5, 5.41) is 4.63. The second-order valence-electron chi connectivity index (χ2n) is 5.94. The van der Waals surface area contributed by atoms with E-state index in [9.17, 15) is 4.79 Å². The summed E-state index contributed by atoms with van der Waals surface area (Å²) in [7, 11) is 0. The number of aromatic nitrogens is 3. The van der Waals surface area contributed by atoms with Gasteiger partial charge >= 0.3 is 0 Å². The molecule has 0 aliphatic carbocycles. The zero-order chi connectivity index (χ0) is 16.1. The van der Waals surface area contributed by atoms with Crippen LogP contribution in [0.2, 0.25) is 0 Å². The van der Waals surface area contributed by atoms with Gasteiger partial charge in [-0.3, -0.25) is 4.79 Å². The number of hydrogen-bond donors (Lipinski definition) is 1. The van der Waals surface area contributed by atoms with E-state index < -0.39 is 0 Å². The van der Waals surface area contributed by atoms with Gasteiger partial charge in [0.1, 0.15) is 5.82 Å². The smallest absolute Gasteiger partial charge is 0.217 e. The van der Waals surface area contributed by atoms with Gasteiger partial charge in [-0.1, -0.05) is 38.1 Å². The summed E-state index contributed by atoms with van der Waals surface area (Å²) in [4.78, 5) is 15.5. The average Bonchev–Trinajstić information content (AvgIpc) is 2.84. The van der Waals surface area contributed by atoms with Gasteiger partial charge in [-0.25, -0.2) is 9.67 Å². The summed E-state index contributed by atoms with van der Waals surface area (Å²) < 4.78 is 1.96. The number of carbonyl (C=O) groups excluding carboxylic acids is 1. The molecule has 0 aliphatic heterocycles. The molecular weight excluding hydrogens is 276 g/mol. The van der Waals surface area contributed by atoms with Crippen molar-refractivity contribution in [2.45, 2.75) is 52.5 Å². The van der Waals surface area contributed by atoms with E-state index in [1.54, 1.807) is 0 Å². The van der Waals surface area contributed by atoms with Crippen LogP contribution >= 0.6 is 0 Å². The van der Waals surface area contributed by atoms with Crippen molar-refractivity contribution >= 4 is 5.91 Å². The van der Waals surface area contributed by atoms with Crippen LogP contribution < -0.4 is 5.73 Å². The fourth-order valence-electron chi connectivity index (χ4n) is 2.32. The lowest BCUT2D eigenvalue weighted by atomic mass is 10.1. The molecular formula is C17H24N4O. The van der Waals surface area contributed by atoms with Crippen molar-refractivity contribution in [3.05, 3.63) is 47.0 Å². The lowest BCUT2D eigenvalue weighted by molar-refractivity contribution is -0.118. The first-order valence-electron chi connectivity index (χ1n) is 7.73. The highest BCUT2D eigenvalue weighted by Gasteiger charge is 2.13. The lowest BCUT2D eigenvalue weighted by Gasteiger charge is -2.08. The molecule has 1 aromatic heterocycles.